The molecule has 0 radical (unpaired) electrons. The van der Waals surface area contributed by atoms with Gasteiger partial charge in [-0.3, -0.25) is 9.59 Å². The number of esters is 2. The van der Waals surface area contributed by atoms with Crippen LogP contribution in [0.5, 0.6) is 0 Å². The van der Waals surface area contributed by atoms with Crippen molar-refractivity contribution in [3.63, 3.8) is 0 Å². The van der Waals surface area contributed by atoms with Crippen molar-refractivity contribution in [2.24, 2.45) is 7.05 Å². The van der Waals surface area contributed by atoms with Gasteiger partial charge < -0.3 is 19.4 Å². The molecule has 1 N–H and O–H groups in total. The zero-order valence-electron chi connectivity index (χ0n) is 16.1. The second-order valence-corrected chi connectivity index (χ2v) is 6.44. The van der Waals surface area contributed by atoms with Gasteiger partial charge in [0, 0.05) is 24.5 Å². The summed E-state index contributed by atoms with van der Waals surface area (Å²) in [6, 6.07) is 7.57. The van der Waals surface area contributed by atoms with Crippen molar-refractivity contribution < 1.29 is 28.7 Å². The predicted octanol–water partition coefficient (Wildman–Crippen LogP) is 2.59. The number of ether oxygens (including phenoxy) is 2. The number of nitrogens with one attached hydrogen (secondary N) is 1. The van der Waals surface area contributed by atoms with Crippen LogP contribution in [0.15, 0.2) is 36.5 Å². The highest BCUT2D eigenvalue weighted by atomic mass is 16.5. The van der Waals surface area contributed by atoms with Crippen LogP contribution in [0.2, 0.25) is 0 Å². The molecule has 8 nitrogen and oxygen atoms in total. The smallest absolute Gasteiger partial charge is 0.355 e. The molecule has 0 unspecified atom stereocenters. The Labute approximate surface area is 162 Å². The first kappa shape index (κ1) is 20.9. The highest BCUT2D eigenvalue weighted by molar-refractivity contribution is 5.99. The van der Waals surface area contributed by atoms with Gasteiger partial charge >= 0.3 is 11.9 Å². The van der Waals surface area contributed by atoms with E-state index in [-0.39, 0.29) is 17.6 Å². The third-order valence-electron chi connectivity index (χ3n) is 3.70. The summed E-state index contributed by atoms with van der Waals surface area (Å²) in [5.74, 6) is -1.87. The number of Topliss-reactive ketones (excluding diaryl/α,β-unsaturated/α-hetero) is 1. The number of hydrogen-bond acceptors (Lipinski definition) is 6. The molecule has 8 heteroatoms. The molecular formula is C20H22N2O6. The van der Waals surface area contributed by atoms with E-state index in [1.54, 1.807) is 33.0 Å². The average molecular weight is 386 g/mol. The van der Waals surface area contributed by atoms with E-state index in [2.05, 4.69) is 5.32 Å². The number of aryl methyl sites for hydroxylation is 1. The van der Waals surface area contributed by atoms with Gasteiger partial charge in [-0.05, 0) is 51.1 Å². The molecular weight excluding hydrogens is 364 g/mol. The lowest BCUT2D eigenvalue weighted by molar-refractivity contribution is -0.119. The summed E-state index contributed by atoms with van der Waals surface area (Å²) in [5, 5.41) is 2.56. The largest absolute Gasteiger partial charge is 0.459 e. The molecule has 1 aromatic carbocycles. The van der Waals surface area contributed by atoms with Gasteiger partial charge in [0.2, 0.25) is 0 Å². The van der Waals surface area contributed by atoms with Gasteiger partial charge in [0.1, 0.15) is 5.69 Å². The number of ketones is 1. The Kier molecular flexibility index (Phi) is 6.70. The van der Waals surface area contributed by atoms with E-state index in [9.17, 15) is 19.2 Å². The number of nitrogens with zero attached hydrogens (tertiary/aromatic N) is 1. The summed E-state index contributed by atoms with van der Waals surface area (Å²) in [5.41, 5.74) is 1.36. The summed E-state index contributed by atoms with van der Waals surface area (Å²) < 4.78 is 11.5. The number of carbonyl (C=O) groups is 4. The molecule has 1 amide bonds. The van der Waals surface area contributed by atoms with Crippen LogP contribution in [0.1, 0.15) is 52.0 Å². The Hall–Kier alpha value is -3.42. The summed E-state index contributed by atoms with van der Waals surface area (Å²) in [4.78, 5) is 47.2. The van der Waals surface area contributed by atoms with Crippen LogP contribution in [0, 0.1) is 0 Å². The number of benzene rings is 1. The van der Waals surface area contributed by atoms with E-state index in [0.29, 0.717) is 16.8 Å². The molecule has 0 saturated carbocycles. The van der Waals surface area contributed by atoms with Crippen LogP contribution >= 0.6 is 0 Å². The molecule has 0 spiro atoms. The molecule has 0 bridgehead atoms. The number of anilines is 1. The lowest BCUT2D eigenvalue weighted by Gasteiger charge is -2.09. The fourth-order valence-electron chi connectivity index (χ4n) is 2.33. The van der Waals surface area contributed by atoms with Crippen molar-refractivity contribution >= 4 is 29.3 Å². The van der Waals surface area contributed by atoms with Crippen LogP contribution in [0.4, 0.5) is 5.69 Å². The maximum atomic E-state index is 12.1. The molecule has 0 saturated heterocycles. The van der Waals surface area contributed by atoms with E-state index >= 15 is 0 Å². The standard InChI is InChI=1S/C20H22N2O6/c1-12(2)28-19(25)14-5-7-16(8-6-14)21-18(24)11-27-20(26)17-9-15(13(3)23)10-22(17)4/h5-10,12H,11H2,1-4H3,(H,21,24). The highest BCUT2D eigenvalue weighted by Gasteiger charge is 2.16. The van der Waals surface area contributed by atoms with Crippen molar-refractivity contribution in [3.05, 3.63) is 53.3 Å². The summed E-state index contributed by atoms with van der Waals surface area (Å²) >= 11 is 0. The second kappa shape index (κ2) is 8.98. The first-order valence-corrected chi connectivity index (χ1v) is 8.62. The normalized spacial score (nSPS) is 10.5. The van der Waals surface area contributed by atoms with Crippen LogP contribution in [0.3, 0.4) is 0 Å². The van der Waals surface area contributed by atoms with E-state index in [4.69, 9.17) is 9.47 Å². The molecule has 2 rings (SSSR count). The van der Waals surface area contributed by atoms with Crippen molar-refractivity contribution in [2.75, 3.05) is 11.9 Å². The van der Waals surface area contributed by atoms with Crippen molar-refractivity contribution in [3.8, 4) is 0 Å². The van der Waals surface area contributed by atoms with Gasteiger partial charge in [-0.15, -0.1) is 0 Å². The zero-order valence-corrected chi connectivity index (χ0v) is 16.1. The summed E-state index contributed by atoms with van der Waals surface area (Å²) in [6.45, 7) is 4.41. The maximum absolute atomic E-state index is 12.1. The average Bonchev–Trinajstić information content (AvgIpc) is 3.02. The number of aromatic nitrogens is 1. The van der Waals surface area contributed by atoms with Gasteiger partial charge in [-0.25, -0.2) is 9.59 Å². The Morgan fingerprint density at radius 2 is 1.68 bits per heavy atom. The minimum atomic E-state index is -0.711. The Balaban J connectivity index is 1.89. The molecule has 1 heterocycles. The first-order chi connectivity index (χ1) is 13.2. The van der Waals surface area contributed by atoms with Crippen molar-refractivity contribution in [1.29, 1.82) is 0 Å². The SMILES string of the molecule is CC(=O)c1cc(C(=O)OCC(=O)Nc2ccc(C(=O)OC(C)C)cc2)n(C)c1. The number of rotatable bonds is 7. The van der Waals surface area contributed by atoms with Crippen LogP contribution < -0.4 is 5.32 Å². The van der Waals surface area contributed by atoms with E-state index in [1.807, 2.05) is 0 Å². The van der Waals surface area contributed by atoms with Gasteiger partial charge in [-0.1, -0.05) is 0 Å². The van der Waals surface area contributed by atoms with Gasteiger partial charge in [0.15, 0.2) is 12.4 Å². The Bertz CT molecular complexity index is 896. The number of hydrogen-bond donors (Lipinski definition) is 1. The molecule has 0 fully saturated rings. The molecule has 2 aromatic rings. The monoisotopic (exact) mass is 386 g/mol. The summed E-state index contributed by atoms with van der Waals surface area (Å²) in [6.07, 6.45) is 1.29. The van der Waals surface area contributed by atoms with Gasteiger partial charge in [-0.2, -0.15) is 0 Å². The lowest BCUT2D eigenvalue weighted by Crippen LogP contribution is -2.21. The summed E-state index contributed by atoms with van der Waals surface area (Å²) in [7, 11) is 1.61. The van der Waals surface area contributed by atoms with E-state index in [0.717, 1.165) is 0 Å². The predicted molar refractivity (Wildman–Crippen MR) is 101 cm³/mol. The maximum Gasteiger partial charge on any atom is 0.355 e. The van der Waals surface area contributed by atoms with Crippen LogP contribution in [-0.4, -0.2) is 40.9 Å². The van der Waals surface area contributed by atoms with Crippen LogP contribution in [0.25, 0.3) is 0 Å². The van der Waals surface area contributed by atoms with E-state index < -0.39 is 24.5 Å². The Morgan fingerprint density at radius 3 is 2.21 bits per heavy atom. The fourth-order valence-corrected chi connectivity index (χ4v) is 2.33. The second-order valence-electron chi connectivity index (χ2n) is 6.44. The topological polar surface area (TPSA) is 104 Å². The molecule has 1 aromatic heterocycles. The fraction of sp³-hybridized carbons (Fsp3) is 0.300. The molecule has 0 aliphatic carbocycles. The molecule has 0 atom stereocenters. The van der Waals surface area contributed by atoms with Crippen molar-refractivity contribution in [2.45, 2.75) is 26.9 Å². The van der Waals surface area contributed by atoms with Gasteiger partial charge in [0.05, 0.1) is 11.7 Å². The first-order valence-electron chi connectivity index (χ1n) is 8.62. The minimum Gasteiger partial charge on any atom is -0.459 e. The van der Waals surface area contributed by atoms with Gasteiger partial charge in [0.25, 0.3) is 5.91 Å². The molecule has 148 valence electrons. The lowest BCUT2D eigenvalue weighted by atomic mass is 10.2. The quantitative estimate of drug-likeness (QED) is 0.579. The van der Waals surface area contributed by atoms with Crippen LogP contribution in [-0.2, 0) is 21.3 Å². The number of amides is 1. The minimum absolute atomic E-state index is 0.172. The van der Waals surface area contributed by atoms with E-state index in [1.165, 1.54) is 35.9 Å². The third kappa shape index (κ3) is 5.54. The molecule has 0 aliphatic heterocycles. The molecule has 0 aliphatic rings. The zero-order chi connectivity index (χ0) is 20.8. The third-order valence-corrected chi connectivity index (χ3v) is 3.70. The molecule has 28 heavy (non-hydrogen) atoms. The highest BCUT2D eigenvalue weighted by Crippen LogP contribution is 2.12. The number of carbonyl (C=O) groups excluding carboxylic acids is 4. The Morgan fingerprint density at radius 1 is 1.04 bits per heavy atom. The van der Waals surface area contributed by atoms with Crippen molar-refractivity contribution in [1.82, 2.24) is 4.57 Å².